The number of amidine groups is 1. The van der Waals surface area contributed by atoms with E-state index in [4.69, 9.17) is 4.74 Å². The number of ether oxygens (including phenoxy) is 1. The molecule has 126 valence electrons. The maximum Gasteiger partial charge on any atom is 0.410 e. The molecule has 6 heteroatoms. The molecule has 0 spiro atoms. The van der Waals surface area contributed by atoms with Crippen molar-refractivity contribution in [2.24, 2.45) is 4.99 Å². The first-order valence-electron chi connectivity index (χ1n) is 8.33. The summed E-state index contributed by atoms with van der Waals surface area (Å²) in [5.74, 6) is 0.892. The second kappa shape index (κ2) is 7.31. The van der Waals surface area contributed by atoms with E-state index in [-0.39, 0.29) is 6.09 Å². The normalized spacial score (nSPS) is 21.5. The van der Waals surface area contributed by atoms with Gasteiger partial charge in [0.1, 0.15) is 11.4 Å². The van der Waals surface area contributed by atoms with Crippen LogP contribution in [0.5, 0.6) is 0 Å². The van der Waals surface area contributed by atoms with Crippen LogP contribution in [0.15, 0.2) is 4.99 Å². The molecule has 1 atom stereocenters. The zero-order chi connectivity index (χ0) is 16.2. The first-order valence-corrected chi connectivity index (χ1v) is 8.33. The van der Waals surface area contributed by atoms with Crippen LogP contribution in [0.1, 0.15) is 40.5 Å². The number of nitrogens with zero attached hydrogens (tertiary/aromatic N) is 3. The number of nitrogens with one attached hydrogen (secondary N) is 1. The molecule has 2 aliphatic heterocycles. The van der Waals surface area contributed by atoms with Crippen molar-refractivity contribution in [2.45, 2.75) is 52.2 Å². The predicted molar refractivity (Wildman–Crippen MR) is 88.4 cm³/mol. The van der Waals surface area contributed by atoms with E-state index >= 15 is 0 Å². The minimum absolute atomic E-state index is 0.256. The standard InChI is InChI=1S/C16H30N4O2/c1-13(11-19-8-5-6-9-19)18-14-12-20(10-7-17-14)15(21)22-16(2,3)4/h13H,5-12H2,1-4H3,(H,17,18). The largest absolute Gasteiger partial charge is 0.444 e. The smallest absolute Gasteiger partial charge is 0.410 e. The first kappa shape index (κ1) is 17.1. The Hall–Kier alpha value is -1.30. The fourth-order valence-corrected chi connectivity index (χ4v) is 2.87. The molecule has 22 heavy (non-hydrogen) atoms. The number of hydrogen-bond donors (Lipinski definition) is 1. The van der Waals surface area contributed by atoms with Gasteiger partial charge in [-0.3, -0.25) is 9.89 Å². The average molecular weight is 310 g/mol. The van der Waals surface area contributed by atoms with Crippen molar-refractivity contribution in [3.63, 3.8) is 0 Å². The van der Waals surface area contributed by atoms with Crippen LogP contribution >= 0.6 is 0 Å². The van der Waals surface area contributed by atoms with Gasteiger partial charge in [-0.1, -0.05) is 0 Å². The summed E-state index contributed by atoms with van der Waals surface area (Å²) in [6.07, 6.45) is 2.36. The molecule has 2 aliphatic rings. The average Bonchev–Trinajstić information content (AvgIpc) is 2.89. The Morgan fingerprint density at radius 1 is 1.32 bits per heavy atom. The third-order valence-electron chi connectivity index (χ3n) is 3.81. The van der Waals surface area contributed by atoms with Crippen molar-refractivity contribution >= 4 is 11.9 Å². The molecule has 2 heterocycles. The van der Waals surface area contributed by atoms with E-state index < -0.39 is 5.60 Å². The van der Waals surface area contributed by atoms with E-state index in [0.29, 0.717) is 25.7 Å². The zero-order valence-corrected chi connectivity index (χ0v) is 14.4. The minimum atomic E-state index is -0.456. The van der Waals surface area contributed by atoms with E-state index in [0.717, 1.165) is 12.4 Å². The monoisotopic (exact) mass is 310 g/mol. The molecule has 2 rings (SSSR count). The van der Waals surface area contributed by atoms with Crippen LogP contribution in [0.3, 0.4) is 0 Å². The van der Waals surface area contributed by atoms with Crippen LogP contribution < -0.4 is 5.32 Å². The molecule has 6 nitrogen and oxygen atoms in total. The van der Waals surface area contributed by atoms with Crippen molar-refractivity contribution in [1.82, 2.24) is 15.1 Å². The summed E-state index contributed by atoms with van der Waals surface area (Å²) < 4.78 is 5.43. The quantitative estimate of drug-likeness (QED) is 0.862. The highest BCUT2D eigenvalue weighted by Crippen LogP contribution is 2.11. The molecule has 0 aromatic rings. The Bertz CT molecular complexity index is 411. The maximum absolute atomic E-state index is 12.1. The number of likely N-dealkylation sites (tertiary alicyclic amines) is 1. The van der Waals surface area contributed by atoms with Gasteiger partial charge in [-0.25, -0.2) is 4.79 Å². The van der Waals surface area contributed by atoms with Gasteiger partial charge in [0.05, 0.1) is 13.1 Å². The lowest BCUT2D eigenvalue weighted by Crippen LogP contribution is -2.50. The van der Waals surface area contributed by atoms with Gasteiger partial charge >= 0.3 is 6.09 Å². The number of carbonyl (C=O) groups excluding carboxylic acids is 1. The van der Waals surface area contributed by atoms with Crippen molar-refractivity contribution < 1.29 is 9.53 Å². The van der Waals surface area contributed by atoms with E-state index in [1.165, 1.54) is 25.9 Å². The Morgan fingerprint density at radius 2 is 2.00 bits per heavy atom. The molecule has 0 saturated carbocycles. The molecule has 1 fully saturated rings. The fraction of sp³-hybridized carbons (Fsp3) is 0.875. The van der Waals surface area contributed by atoms with Crippen LogP contribution in [-0.4, -0.2) is 72.6 Å². The lowest BCUT2D eigenvalue weighted by atomic mass is 10.2. The van der Waals surface area contributed by atoms with E-state index in [1.807, 2.05) is 20.8 Å². The van der Waals surface area contributed by atoms with Gasteiger partial charge in [-0.2, -0.15) is 0 Å². The second-order valence-electron chi connectivity index (χ2n) is 7.28. The molecule has 0 aromatic heterocycles. The summed E-state index contributed by atoms with van der Waals surface area (Å²) in [6, 6.07) is 0.343. The van der Waals surface area contributed by atoms with Crippen LogP contribution in [0.2, 0.25) is 0 Å². The molecular formula is C16H30N4O2. The van der Waals surface area contributed by atoms with Gasteiger partial charge in [-0.15, -0.1) is 0 Å². The molecule has 0 aliphatic carbocycles. The topological polar surface area (TPSA) is 57.2 Å². The Labute approximate surface area is 133 Å². The van der Waals surface area contributed by atoms with Crippen LogP contribution in [0.25, 0.3) is 0 Å². The summed E-state index contributed by atoms with van der Waals surface area (Å²) in [5.41, 5.74) is -0.456. The number of amides is 1. The summed E-state index contributed by atoms with van der Waals surface area (Å²) in [5, 5.41) is 3.45. The van der Waals surface area contributed by atoms with Gasteiger partial charge in [0.15, 0.2) is 0 Å². The maximum atomic E-state index is 12.1. The Kier molecular flexibility index (Phi) is 5.67. The number of hydrogen-bond acceptors (Lipinski definition) is 5. The second-order valence-corrected chi connectivity index (χ2v) is 7.28. The van der Waals surface area contributed by atoms with E-state index in [2.05, 4.69) is 22.1 Å². The van der Waals surface area contributed by atoms with Gasteiger partial charge in [-0.05, 0) is 53.6 Å². The molecule has 0 bridgehead atoms. The van der Waals surface area contributed by atoms with Crippen molar-refractivity contribution in [3.8, 4) is 0 Å². The molecule has 1 unspecified atom stereocenters. The highest BCUT2D eigenvalue weighted by Gasteiger charge is 2.25. The van der Waals surface area contributed by atoms with Crippen molar-refractivity contribution in [1.29, 1.82) is 0 Å². The van der Waals surface area contributed by atoms with Gasteiger partial charge in [0.25, 0.3) is 0 Å². The van der Waals surface area contributed by atoms with Crippen LogP contribution in [0.4, 0.5) is 4.79 Å². The summed E-state index contributed by atoms with van der Waals surface area (Å²) >= 11 is 0. The molecular weight excluding hydrogens is 280 g/mol. The number of rotatable bonds is 3. The van der Waals surface area contributed by atoms with E-state index in [1.54, 1.807) is 4.90 Å². The summed E-state index contributed by atoms with van der Waals surface area (Å²) in [4.78, 5) is 20.9. The Balaban J connectivity index is 1.79. The van der Waals surface area contributed by atoms with Gasteiger partial charge < -0.3 is 15.0 Å². The summed E-state index contributed by atoms with van der Waals surface area (Å²) in [6.45, 7) is 13.0. The Morgan fingerprint density at radius 3 is 2.64 bits per heavy atom. The molecule has 1 amide bonds. The highest BCUT2D eigenvalue weighted by atomic mass is 16.6. The molecule has 1 N–H and O–H groups in total. The van der Waals surface area contributed by atoms with Crippen molar-refractivity contribution in [2.75, 3.05) is 39.3 Å². The SMILES string of the molecule is CC(CN1CCCC1)NC1=NCCN(C(=O)OC(C)(C)C)C1. The van der Waals surface area contributed by atoms with Crippen molar-refractivity contribution in [3.05, 3.63) is 0 Å². The minimum Gasteiger partial charge on any atom is -0.444 e. The molecule has 0 radical (unpaired) electrons. The third-order valence-corrected chi connectivity index (χ3v) is 3.81. The summed E-state index contributed by atoms with van der Waals surface area (Å²) in [7, 11) is 0. The highest BCUT2D eigenvalue weighted by molar-refractivity contribution is 5.88. The lowest BCUT2D eigenvalue weighted by molar-refractivity contribution is 0.0276. The zero-order valence-electron chi connectivity index (χ0n) is 14.4. The molecule has 1 saturated heterocycles. The van der Waals surface area contributed by atoms with Gasteiger partial charge in [0.2, 0.25) is 0 Å². The van der Waals surface area contributed by atoms with Crippen LogP contribution in [-0.2, 0) is 4.74 Å². The lowest BCUT2D eigenvalue weighted by Gasteiger charge is -2.31. The van der Waals surface area contributed by atoms with E-state index in [9.17, 15) is 4.79 Å². The molecule has 0 aromatic carbocycles. The first-order chi connectivity index (χ1) is 10.3. The number of carbonyl (C=O) groups is 1. The van der Waals surface area contributed by atoms with Crippen LogP contribution in [0, 0.1) is 0 Å². The fourth-order valence-electron chi connectivity index (χ4n) is 2.87. The van der Waals surface area contributed by atoms with Gasteiger partial charge in [0, 0.05) is 19.1 Å². The third kappa shape index (κ3) is 5.48. The number of aliphatic imine (C=N–C) groups is 1. The predicted octanol–water partition coefficient (Wildman–Crippen LogP) is 1.71.